The van der Waals surface area contributed by atoms with Gasteiger partial charge in [-0.25, -0.2) is 4.79 Å². The molecule has 166 valence electrons. The summed E-state index contributed by atoms with van der Waals surface area (Å²) in [6.07, 6.45) is 3.00. The molecule has 2 aromatic heterocycles. The summed E-state index contributed by atoms with van der Waals surface area (Å²) >= 11 is 0. The number of nitrogens with one attached hydrogen (secondary N) is 2. The second-order valence-electron chi connectivity index (χ2n) is 7.43. The summed E-state index contributed by atoms with van der Waals surface area (Å²) in [5.74, 6) is -1.67. The summed E-state index contributed by atoms with van der Waals surface area (Å²) in [6.45, 7) is 4.85. The Bertz CT molecular complexity index is 1200. The molecule has 32 heavy (non-hydrogen) atoms. The molecule has 0 radical (unpaired) electrons. The minimum absolute atomic E-state index is 0.105. The highest BCUT2D eigenvalue weighted by Crippen LogP contribution is 2.24. The number of aromatic nitrogens is 3. The standard InChI is InChI=1S/C22H24N6O4/c1-11(12(2)29)9-16(21(31)32)26-20(30)14-6-3-13(4-7-14)5-8-15-10-25-19-17(15)18(23)27-22(24)28-19/h3-4,6-7,10,16H,1,5,8-9H2,2H3,(H,26,30)(H,31,32)(H5,23,24,25,27,28). The number of aromatic amines is 1. The summed E-state index contributed by atoms with van der Waals surface area (Å²) in [4.78, 5) is 46.3. The fourth-order valence-electron chi connectivity index (χ4n) is 3.28. The van der Waals surface area contributed by atoms with Crippen LogP contribution < -0.4 is 16.8 Å². The Morgan fingerprint density at radius 2 is 1.84 bits per heavy atom. The Kier molecular flexibility index (Phi) is 6.53. The van der Waals surface area contributed by atoms with E-state index in [9.17, 15) is 19.5 Å². The maximum absolute atomic E-state index is 12.4. The molecule has 0 aliphatic carbocycles. The number of carboxylic acid groups (broad SMARTS) is 1. The Morgan fingerprint density at radius 1 is 1.16 bits per heavy atom. The predicted octanol–water partition coefficient (Wildman–Crippen LogP) is 1.63. The van der Waals surface area contributed by atoms with Crippen LogP contribution in [0.25, 0.3) is 11.0 Å². The van der Waals surface area contributed by atoms with Gasteiger partial charge in [-0.15, -0.1) is 0 Å². The van der Waals surface area contributed by atoms with Gasteiger partial charge < -0.3 is 26.9 Å². The molecule has 1 unspecified atom stereocenters. The van der Waals surface area contributed by atoms with Gasteiger partial charge >= 0.3 is 5.97 Å². The molecule has 0 aliphatic rings. The lowest BCUT2D eigenvalue weighted by Crippen LogP contribution is -2.41. The third-order valence-corrected chi connectivity index (χ3v) is 5.11. The first-order valence-electron chi connectivity index (χ1n) is 9.86. The van der Waals surface area contributed by atoms with Crippen LogP contribution in [-0.4, -0.2) is 43.8 Å². The minimum Gasteiger partial charge on any atom is -0.480 e. The van der Waals surface area contributed by atoms with Gasteiger partial charge in [0.1, 0.15) is 17.5 Å². The van der Waals surface area contributed by atoms with Crippen LogP contribution in [0.3, 0.4) is 0 Å². The molecule has 0 saturated heterocycles. The molecular weight excluding hydrogens is 412 g/mol. The van der Waals surface area contributed by atoms with E-state index in [4.69, 9.17) is 11.5 Å². The molecule has 0 fully saturated rings. The number of Topliss-reactive ketones (excluding diaryl/α,β-unsaturated/α-hetero) is 1. The third kappa shape index (κ3) is 5.09. The van der Waals surface area contributed by atoms with Crippen molar-refractivity contribution in [1.29, 1.82) is 0 Å². The molecule has 0 bridgehead atoms. The van der Waals surface area contributed by atoms with E-state index < -0.39 is 17.9 Å². The number of fused-ring (bicyclic) bond motifs is 1. The van der Waals surface area contributed by atoms with Crippen molar-refractivity contribution in [2.45, 2.75) is 32.2 Å². The number of nitrogens with zero attached hydrogens (tertiary/aromatic N) is 2. The molecule has 0 spiro atoms. The van der Waals surface area contributed by atoms with Crippen LogP contribution in [0.15, 0.2) is 42.6 Å². The van der Waals surface area contributed by atoms with Crippen LogP contribution in [-0.2, 0) is 22.4 Å². The van der Waals surface area contributed by atoms with E-state index in [1.54, 1.807) is 24.3 Å². The number of aryl methyl sites for hydroxylation is 2. The van der Waals surface area contributed by atoms with Gasteiger partial charge in [0.15, 0.2) is 5.78 Å². The van der Waals surface area contributed by atoms with Crippen molar-refractivity contribution in [3.63, 3.8) is 0 Å². The number of carboxylic acids is 1. The van der Waals surface area contributed by atoms with Gasteiger partial charge in [-0.05, 0) is 48.6 Å². The van der Waals surface area contributed by atoms with E-state index in [1.807, 2.05) is 6.20 Å². The molecule has 3 aromatic rings. The number of anilines is 2. The van der Waals surface area contributed by atoms with Crippen molar-refractivity contribution < 1.29 is 19.5 Å². The largest absolute Gasteiger partial charge is 0.480 e. The van der Waals surface area contributed by atoms with Crippen LogP contribution in [0.5, 0.6) is 0 Å². The molecule has 0 aliphatic heterocycles. The van der Waals surface area contributed by atoms with Crippen LogP contribution in [0.2, 0.25) is 0 Å². The second-order valence-corrected chi connectivity index (χ2v) is 7.43. The van der Waals surface area contributed by atoms with Crippen molar-refractivity contribution in [2.75, 3.05) is 11.5 Å². The number of amides is 1. The number of carbonyl (C=O) groups is 3. The van der Waals surface area contributed by atoms with E-state index in [2.05, 4.69) is 26.8 Å². The van der Waals surface area contributed by atoms with Gasteiger partial charge in [0.2, 0.25) is 5.95 Å². The van der Waals surface area contributed by atoms with Gasteiger partial charge in [0.05, 0.1) is 5.39 Å². The zero-order valence-corrected chi connectivity index (χ0v) is 17.5. The van der Waals surface area contributed by atoms with Crippen LogP contribution >= 0.6 is 0 Å². The van der Waals surface area contributed by atoms with Gasteiger partial charge in [0.25, 0.3) is 5.91 Å². The van der Waals surface area contributed by atoms with Crippen LogP contribution in [0.4, 0.5) is 11.8 Å². The highest BCUT2D eigenvalue weighted by atomic mass is 16.4. The van der Waals surface area contributed by atoms with Crippen molar-refractivity contribution in [3.05, 3.63) is 59.3 Å². The van der Waals surface area contributed by atoms with Crippen LogP contribution in [0, 0.1) is 0 Å². The topological polar surface area (TPSA) is 177 Å². The average molecular weight is 436 g/mol. The van der Waals surface area contributed by atoms with Crippen molar-refractivity contribution >= 4 is 40.5 Å². The quantitative estimate of drug-likeness (QED) is 0.314. The number of nitrogens with two attached hydrogens (primary N) is 2. The number of benzene rings is 1. The van der Waals surface area contributed by atoms with Gasteiger partial charge in [-0.3, -0.25) is 9.59 Å². The van der Waals surface area contributed by atoms with E-state index in [0.717, 1.165) is 16.5 Å². The molecule has 3 rings (SSSR count). The Hall–Kier alpha value is -4.21. The maximum Gasteiger partial charge on any atom is 0.326 e. The Labute approximate surface area is 183 Å². The number of rotatable bonds is 9. The number of hydrogen-bond donors (Lipinski definition) is 5. The predicted molar refractivity (Wildman–Crippen MR) is 120 cm³/mol. The maximum atomic E-state index is 12.4. The SMILES string of the molecule is C=C(CC(NC(=O)c1ccc(CCc2c[nH]c3nc(N)nc(N)c23)cc1)C(=O)O)C(C)=O. The first-order valence-corrected chi connectivity index (χ1v) is 9.86. The zero-order valence-electron chi connectivity index (χ0n) is 17.5. The zero-order chi connectivity index (χ0) is 23.4. The molecule has 10 nitrogen and oxygen atoms in total. The lowest BCUT2D eigenvalue weighted by molar-refractivity contribution is -0.139. The summed E-state index contributed by atoms with van der Waals surface area (Å²) in [5, 5.41) is 12.5. The monoisotopic (exact) mass is 436 g/mol. The fourth-order valence-corrected chi connectivity index (χ4v) is 3.28. The molecule has 1 amide bonds. The highest BCUT2D eigenvalue weighted by molar-refractivity contribution is 5.98. The number of ketones is 1. The number of H-pyrrole nitrogens is 1. The Balaban J connectivity index is 1.64. The molecular formula is C22H24N6O4. The summed E-state index contributed by atoms with van der Waals surface area (Å²) < 4.78 is 0. The normalized spacial score (nSPS) is 11.8. The van der Waals surface area contributed by atoms with Gasteiger partial charge in [0, 0.05) is 18.2 Å². The summed E-state index contributed by atoms with van der Waals surface area (Å²) in [7, 11) is 0. The van der Waals surface area contributed by atoms with E-state index in [-0.39, 0.29) is 23.7 Å². The van der Waals surface area contributed by atoms with Gasteiger partial charge in [-0.1, -0.05) is 18.7 Å². The lowest BCUT2D eigenvalue weighted by Gasteiger charge is -2.15. The number of aliphatic carboxylic acids is 1. The molecule has 0 saturated carbocycles. The lowest BCUT2D eigenvalue weighted by atomic mass is 10.0. The van der Waals surface area contributed by atoms with Gasteiger partial charge in [-0.2, -0.15) is 9.97 Å². The highest BCUT2D eigenvalue weighted by Gasteiger charge is 2.22. The molecule has 7 N–H and O–H groups in total. The van der Waals surface area contributed by atoms with E-state index in [1.165, 1.54) is 6.92 Å². The van der Waals surface area contributed by atoms with E-state index in [0.29, 0.717) is 29.9 Å². The minimum atomic E-state index is -1.24. The molecule has 2 heterocycles. The number of hydrogen-bond acceptors (Lipinski definition) is 7. The average Bonchev–Trinajstić information content (AvgIpc) is 3.14. The van der Waals surface area contributed by atoms with Crippen molar-refractivity contribution in [1.82, 2.24) is 20.3 Å². The van der Waals surface area contributed by atoms with Crippen molar-refractivity contribution in [3.8, 4) is 0 Å². The second kappa shape index (κ2) is 9.29. The van der Waals surface area contributed by atoms with Crippen LogP contribution in [0.1, 0.15) is 34.8 Å². The van der Waals surface area contributed by atoms with Crippen molar-refractivity contribution in [2.24, 2.45) is 0 Å². The molecule has 1 aromatic carbocycles. The third-order valence-electron chi connectivity index (χ3n) is 5.11. The number of carbonyl (C=O) groups excluding carboxylic acids is 2. The smallest absolute Gasteiger partial charge is 0.326 e. The number of nitrogen functional groups attached to an aromatic ring is 2. The Morgan fingerprint density at radius 3 is 2.47 bits per heavy atom. The first-order chi connectivity index (χ1) is 15.2. The van der Waals surface area contributed by atoms with E-state index >= 15 is 0 Å². The fraction of sp³-hybridized carbons (Fsp3) is 0.227. The molecule has 1 atom stereocenters. The summed E-state index contributed by atoms with van der Waals surface area (Å²) in [5.41, 5.74) is 14.5. The summed E-state index contributed by atoms with van der Waals surface area (Å²) in [6, 6.07) is 5.60. The first kappa shape index (κ1) is 22.5. The molecule has 10 heteroatoms.